The maximum Gasteiger partial charge on any atom is 0.243 e. The van der Waals surface area contributed by atoms with Crippen molar-refractivity contribution in [3.8, 4) is 22.7 Å². The van der Waals surface area contributed by atoms with Crippen molar-refractivity contribution in [1.82, 2.24) is 14.8 Å². The molecule has 0 fully saturated rings. The molecule has 0 aliphatic carbocycles. The lowest BCUT2D eigenvalue weighted by atomic mass is 9.96. The quantitative estimate of drug-likeness (QED) is 0.298. The lowest BCUT2D eigenvalue weighted by molar-refractivity contribution is -0.134. The fourth-order valence-electron chi connectivity index (χ4n) is 4.62. The second-order valence-electron chi connectivity index (χ2n) is 9.51. The Kier molecular flexibility index (Phi) is 7.18. The average Bonchev–Trinajstić information content (AvgIpc) is 3.58. The van der Waals surface area contributed by atoms with E-state index in [4.69, 9.17) is 14.9 Å². The zero-order valence-electron chi connectivity index (χ0n) is 21.8. The number of carbonyl (C=O) groups is 2. The van der Waals surface area contributed by atoms with E-state index in [9.17, 15) is 9.59 Å². The van der Waals surface area contributed by atoms with Crippen LogP contribution in [-0.2, 0) is 9.59 Å². The number of rotatable bonds is 8. The Morgan fingerprint density at radius 1 is 0.921 bits per heavy atom. The molecule has 0 radical (unpaired) electrons. The number of hydrogen-bond acceptors (Lipinski definition) is 5. The molecule has 192 valence electrons. The van der Waals surface area contributed by atoms with Gasteiger partial charge in [-0.25, -0.2) is 9.69 Å². The van der Waals surface area contributed by atoms with Gasteiger partial charge in [-0.3, -0.25) is 4.79 Å². The van der Waals surface area contributed by atoms with E-state index in [2.05, 4.69) is 31.2 Å². The molecular weight excluding hydrogens is 476 g/mol. The third kappa shape index (κ3) is 5.27. The molecule has 0 bridgehead atoms. The molecular formula is C31H30N4O3. The molecule has 0 spiro atoms. The summed E-state index contributed by atoms with van der Waals surface area (Å²) in [6.45, 7) is 3.55. The Bertz CT molecular complexity index is 1470. The number of hydrogen-bond donors (Lipinski definition) is 0. The third-order valence-corrected chi connectivity index (χ3v) is 6.73. The number of Topliss-reactive ketones (excluding diaryl/α,β-unsaturated/α-hetero) is 1. The molecule has 0 saturated heterocycles. The van der Waals surface area contributed by atoms with Crippen molar-refractivity contribution in [3.63, 3.8) is 0 Å². The van der Waals surface area contributed by atoms with E-state index in [0.717, 1.165) is 45.1 Å². The molecule has 1 aliphatic rings. The van der Waals surface area contributed by atoms with Gasteiger partial charge in [0.1, 0.15) is 11.5 Å². The number of amides is 1. The lowest BCUT2D eigenvalue weighted by Gasteiger charge is -2.21. The van der Waals surface area contributed by atoms with Gasteiger partial charge >= 0.3 is 0 Å². The van der Waals surface area contributed by atoms with Crippen LogP contribution in [0, 0.1) is 6.92 Å². The van der Waals surface area contributed by atoms with Crippen LogP contribution in [-0.4, -0.2) is 39.3 Å². The second kappa shape index (κ2) is 10.8. The fourth-order valence-corrected chi connectivity index (χ4v) is 4.62. The van der Waals surface area contributed by atoms with Crippen molar-refractivity contribution >= 4 is 17.4 Å². The summed E-state index contributed by atoms with van der Waals surface area (Å²) >= 11 is 0. The Morgan fingerprint density at radius 3 is 2.26 bits per heavy atom. The molecule has 1 aromatic heterocycles. The zero-order valence-corrected chi connectivity index (χ0v) is 21.8. The van der Waals surface area contributed by atoms with Crippen LogP contribution in [0.25, 0.3) is 16.9 Å². The first kappa shape index (κ1) is 25.1. The minimum absolute atomic E-state index is 0.0225. The van der Waals surface area contributed by atoms with Crippen LogP contribution >= 0.6 is 0 Å². The normalized spacial score (nSPS) is 14.9. The number of hydrazone groups is 1. The molecule has 1 amide bonds. The number of para-hydroxylation sites is 1. The molecule has 0 saturated carbocycles. The molecule has 1 atom stereocenters. The Morgan fingerprint density at radius 2 is 1.61 bits per heavy atom. The number of ketones is 1. The number of ether oxygens (including phenoxy) is 1. The number of aromatic nitrogens is 2. The topological polar surface area (TPSA) is 76.8 Å². The molecule has 38 heavy (non-hydrogen) atoms. The second-order valence-corrected chi connectivity index (χ2v) is 9.51. The summed E-state index contributed by atoms with van der Waals surface area (Å²) in [6, 6.07) is 25.5. The van der Waals surface area contributed by atoms with E-state index in [-0.39, 0.29) is 30.6 Å². The van der Waals surface area contributed by atoms with Gasteiger partial charge in [0.15, 0.2) is 0 Å². The predicted octanol–water partition coefficient (Wildman–Crippen LogP) is 5.90. The van der Waals surface area contributed by atoms with Gasteiger partial charge in [0.05, 0.1) is 30.2 Å². The summed E-state index contributed by atoms with van der Waals surface area (Å²) in [5, 5.41) is 11.3. The van der Waals surface area contributed by atoms with Crippen molar-refractivity contribution in [2.45, 2.75) is 39.2 Å². The van der Waals surface area contributed by atoms with Crippen LogP contribution in [0.5, 0.6) is 5.75 Å². The maximum atomic E-state index is 13.4. The SMILES string of the molecule is COc1ccc(C2=NN(C(=O)CCC(C)=O)C(c3cn(-c4ccccc4)nc3-c3ccc(C)cc3)C2)cc1. The van der Waals surface area contributed by atoms with Gasteiger partial charge in [-0.05, 0) is 55.8 Å². The summed E-state index contributed by atoms with van der Waals surface area (Å²) < 4.78 is 7.16. The molecule has 2 heterocycles. The van der Waals surface area contributed by atoms with Gasteiger partial charge in [0, 0.05) is 36.6 Å². The fraction of sp³-hybridized carbons (Fsp3) is 0.226. The van der Waals surface area contributed by atoms with Gasteiger partial charge in [0.2, 0.25) is 5.91 Å². The lowest BCUT2D eigenvalue weighted by Crippen LogP contribution is -2.27. The molecule has 5 rings (SSSR count). The van der Waals surface area contributed by atoms with Crippen molar-refractivity contribution in [2.75, 3.05) is 7.11 Å². The van der Waals surface area contributed by atoms with Crippen molar-refractivity contribution in [2.24, 2.45) is 5.10 Å². The van der Waals surface area contributed by atoms with E-state index in [1.165, 1.54) is 6.92 Å². The summed E-state index contributed by atoms with van der Waals surface area (Å²) in [4.78, 5) is 25.1. The highest BCUT2D eigenvalue weighted by molar-refractivity contribution is 6.03. The summed E-state index contributed by atoms with van der Waals surface area (Å²) in [7, 11) is 1.63. The first-order valence-corrected chi connectivity index (χ1v) is 12.7. The molecule has 7 heteroatoms. The number of methoxy groups -OCH3 is 1. The molecule has 3 aromatic carbocycles. The molecule has 0 N–H and O–H groups in total. The largest absolute Gasteiger partial charge is 0.497 e. The van der Waals surface area contributed by atoms with Gasteiger partial charge in [0.25, 0.3) is 0 Å². The predicted molar refractivity (Wildman–Crippen MR) is 147 cm³/mol. The zero-order chi connectivity index (χ0) is 26.6. The Hall–Kier alpha value is -4.52. The maximum absolute atomic E-state index is 13.4. The van der Waals surface area contributed by atoms with Gasteiger partial charge in [-0.15, -0.1) is 0 Å². The molecule has 1 unspecified atom stereocenters. The first-order valence-electron chi connectivity index (χ1n) is 12.7. The van der Waals surface area contributed by atoms with Crippen molar-refractivity contribution in [1.29, 1.82) is 0 Å². The Labute approximate surface area is 222 Å². The standard InChI is InChI=1S/C31H30N4O3/c1-21-9-12-24(13-10-21)31-27(20-34(33-31)25-7-5-4-6-8-25)29-19-28(23-14-16-26(38-3)17-15-23)32-35(29)30(37)18-11-22(2)36/h4-10,12-17,20,29H,11,18-19H2,1-3H3. The third-order valence-electron chi connectivity index (χ3n) is 6.73. The van der Waals surface area contributed by atoms with Crippen LogP contribution in [0.4, 0.5) is 0 Å². The summed E-state index contributed by atoms with van der Waals surface area (Å²) in [5.74, 6) is 0.547. The summed E-state index contributed by atoms with van der Waals surface area (Å²) in [5.41, 5.74) is 6.48. The molecule has 7 nitrogen and oxygen atoms in total. The molecule has 1 aliphatic heterocycles. The van der Waals surface area contributed by atoms with Crippen LogP contribution in [0.1, 0.15) is 48.9 Å². The first-order chi connectivity index (χ1) is 18.4. The van der Waals surface area contributed by atoms with Crippen LogP contribution < -0.4 is 4.74 Å². The highest BCUT2D eigenvalue weighted by Gasteiger charge is 2.36. The van der Waals surface area contributed by atoms with Crippen LogP contribution in [0.15, 0.2) is 90.2 Å². The number of carbonyl (C=O) groups excluding carboxylic acids is 2. The van der Waals surface area contributed by atoms with Crippen molar-refractivity contribution < 1.29 is 14.3 Å². The highest BCUT2D eigenvalue weighted by Crippen LogP contribution is 2.39. The van der Waals surface area contributed by atoms with Gasteiger partial charge in [-0.2, -0.15) is 10.2 Å². The summed E-state index contributed by atoms with van der Waals surface area (Å²) in [6.07, 6.45) is 2.81. The van der Waals surface area contributed by atoms with Gasteiger partial charge in [-0.1, -0.05) is 48.0 Å². The number of nitrogens with zero attached hydrogens (tertiary/aromatic N) is 4. The smallest absolute Gasteiger partial charge is 0.243 e. The van der Waals surface area contributed by atoms with Crippen LogP contribution in [0.2, 0.25) is 0 Å². The van der Waals surface area contributed by atoms with Gasteiger partial charge < -0.3 is 9.53 Å². The van der Waals surface area contributed by atoms with E-state index >= 15 is 0 Å². The molecule has 4 aromatic rings. The number of aryl methyl sites for hydroxylation is 1. The van der Waals surface area contributed by atoms with Crippen LogP contribution in [0.3, 0.4) is 0 Å². The highest BCUT2D eigenvalue weighted by atomic mass is 16.5. The number of benzene rings is 3. The average molecular weight is 507 g/mol. The minimum atomic E-state index is -0.361. The van der Waals surface area contributed by atoms with E-state index in [1.807, 2.05) is 65.5 Å². The monoisotopic (exact) mass is 506 g/mol. The van der Waals surface area contributed by atoms with E-state index in [0.29, 0.717) is 6.42 Å². The minimum Gasteiger partial charge on any atom is -0.497 e. The van der Waals surface area contributed by atoms with E-state index < -0.39 is 0 Å². The van der Waals surface area contributed by atoms with Crippen molar-refractivity contribution in [3.05, 3.63) is 102 Å². The Balaban J connectivity index is 1.59. The van der Waals surface area contributed by atoms with E-state index in [1.54, 1.807) is 12.1 Å².